The molecule has 3 fully saturated rings. The highest BCUT2D eigenvalue weighted by atomic mass is 16.3. The number of rotatable bonds is 4. The van der Waals surface area contributed by atoms with Gasteiger partial charge in [-0.3, -0.25) is 0 Å². The summed E-state index contributed by atoms with van der Waals surface area (Å²) in [4.78, 5) is 11.6. The molecule has 0 radical (unpaired) electrons. The zero-order valence-electron chi connectivity index (χ0n) is 20.4. The maximum Gasteiger partial charge on any atom is 0.129 e. The van der Waals surface area contributed by atoms with E-state index in [-0.39, 0.29) is 16.6 Å². The lowest BCUT2D eigenvalue weighted by Crippen LogP contribution is -2.89. The van der Waals surface area contributed by atoms with Gasteiger partial charge in [-0.2, -0.15) is 0 Å². The molecule has 0 saturated heterocycles. The van der Waals surface area contributed by atoms with E-state index in [2.05, 4.69) is 26.8 Å². The molecule has 31 heavy (non-hydrogen) atoms. The molecule has 3 saturated carbocycles. The second kappa shape index (κ2) is 6.88. The van der Waals surface area contributed by atoms with Crippen molar-refractivity contribution in [1.82, 2.24) is 0 Å². The molecule has 4 aliphatic rings. The number of fused-ring (bicyclic) bond motifs is 5. The van der Waals surface area contributed by atoms with Crippen LogP contribution in [0.15, 0.2) is 11.6 Å². The van der Waals surface area contributed by atoms with E-state index < -0.39 is 22.2 Å². The fraction of sp³-hybridized carbons (Fsp3) is 0.885. The van der Waals surface area contributed by atoms with Crippen molar-refractivity contribution in [3.05, 3.63) is 11.6 Å². The highest BCUT2D eigenvalue weighted by molar-refractivity contribution is 5.75. The predicted octanol–water partition coefficient (Wildman–Crippen LogP) is 3.57. The Balaban J connectivity index is 1.73. The van der Waals surface area contributed by atoms with Gasteiger partial charge >= 0.3 is 0 Å². The summed E-state index contributed by atoms with van der Waals surface area (Å²) in [6.07, 6.45) is 10.6. The summed E-state index contributed by atoms with van der Waals surface area (Å²) in [6.45, 7) is 10.6. The van der Waals surface area contributed by atoms with E-state index in [1.807, 2.05) is 6.92 Å². The zero-order valence-corrected chi connectivity index (χ0v) is 20.4. The summed E-state index contributed by atoms with van der Waals surface area (Å²) < 4.78 is 0. The van der Waals surface area contributed by atoms with E-state index in [4.69, 9.17) is 17.2 Å². The van der Waals surface area contributed by atoms with Crippen LogP contribution in [-0.2, 0) is 4.79 Å². The number of aliphatic hydroxyl groups is 1. The average molecular weight is 432 g/mol. The van der Waals surface area contributed by atoms with E-state index in [1.54, 1.807) is 6.92 Å². The summed E-state index contributed by atoms with van der Waals surface area (Å²) in [5.41, 5.74) is 20.8. The molecule has 0 amide bonds. The Hall–Kier alpha value is -0.750. The first kappa shape index (κ1) is 23.4. The number of nitrogens with two attached hydrogens (primary N) is 3. The molecule has 0 heterocycles. The maximum atomic E-state index is 11.6. The maximum absolute atomic E-state index is 11.6. The number of hydrogen-bond donors (Lipinski definition) is 4. The molecule has 0 aromatic rings. The van der Waals surface area contributed by atoms with Gasteiger partial charge in [0, 0.05) is 22.9 Å². The third-order valence-electron chi connectivity index (χ3n) is 11.1. The van der Waals surface area contributed by atoms with Crippen molar-refractivity contribution >= 4 is 5.78 Å². The number of hydrogen-bond acceptors (Lipinski definition) is 5. The average Bonchev–Trinajstić information content (AvgIpc) is 2.96. The molecular weight excluding hydrogens is 386 g/mol. The van der Waals surface area contributed by atoms with E-state index in [0.717, 1.165) is 44.9 Å². The smallest absolute Gasteiger partial charge is 0.129 e. The van der Waals surface area contributed by atoms with Crippen LogP contribution < -0.4 is 17.2 Å². The van der Waals surface area contributed by atoms with Crippen molar-refractivity contribution in [2.75, 3.05) is 0 Å². The fourth-order valence-corrected chi connectivity index (χ4v) is 8.68. The fourth-order valence-electron chi connectivity index (χ4n) is 8.68. The summed E-state index contributed by atoms with van der Waals surface area (Å²) in [6, 6.07) is 0. The van der Waals surface area contributed by atoms with Crippen LogP contribution in [0.1, 0.15) is 98.8 Å². The lowest BCUT2D eigenvalue weighted by Gasteiger charge is -2.72. The number of Topliss-reactive ketones (excluding diaryl/α,β-unsaturated/α-hetero) is 1. The van der Waals surface area contributed by atoms with Gasteiger partial charge in [0.1, 0.15) is 5.78 Å². The number of carbonyl (C=O) groups excluding carboxylic acids is 1. The van der Waals surface area contributed by atoms with Gasteiger partial charge in [0.15, 0.2) is 0 Å². The molecule has 5 heteroatoms. The lowest BCUT2D eigenvalue weighted by molar-refractivity contribution is -0.118. The largest absolute Gasteiger partial charge is 0.390 e. The van der Waals surface area contributed by atoms with Crippen molar-refractivity contribution in [3.63, 3.8) is 0 Å². The monoisotopic (exact) mass is 431 g/mol. The normalized spacial score (nSPS) is 52.5. The lowest BCUT2D eigenvalue weighted by atomic mass is 9.38. The van der Waals surface area contributed by atoms with Gasteiger partial charge in [-0.25, -0.2) is 0 Å². The Kier molecular flexibility index (Phi) is 5.20. The quantitative estimate of drug-likeness (QED) is 0.508. The third-order valence-corrected chi connectivity index (χ3v) is 11.1. The number of carbonyl (C=O) groups is 1. The first-order valence-corrected chi connectivity index (χ1v) is 12.4. The van der Waals surface area contributed by atoms with Gasteiger partial charge in [0.25, 0.3) is 0 Å². The molecule has 7 N–H and O–H groups in total. The van der Waals surface area contributed by atoms with Crippen LogP contribution in [0.25, 0.3) is 0 Å². The summed E-state index contributed by atoms with van der Waals surface area (Å²) >= 11 is 0. The predicted molar refractivity (Wildman–Crippen MR) is 125 cm³/mol. The Labute approximate surface area is 188 Å². The zero-order chi connectivity index (χ0) is 23.1. The van der Waals surface area contributed by atoms with Crippen molar-refractivity contribution in [2.24, 2.45) is 39.9 Å². The molecular formula is C26H45N3O2. The van der Waals surface area contributed by atoms with Gasteiger partial charge < -0.3 is 27.1 Å². The van der Waals surface area contributed by atoms with Gasteiger partial charge in [-0.1, -0.05) is 32.4 Å². The first-order valence-electron chi connectivity index (χ1n) is 12.4. The Morgan fingerprint density at radius 1 is 1.06 bits per heavy atom. The molecule has 5 nitrogen and oxygen atoms in total. The minimum atomic E-state index is -0.677. The number of ketones is 1. The SMILES string of the molecule is CC(=O)CC[C@@H](C)[C@H]1CC[C@]2(N)C1(C)CC[C@@]1(N)[C@@]2(N)CC=C2C[C@@](C)(O)CC[C@@]21C. The highest BCUT2D eigenvalue weighted by Crippen LogP contribution is 2.69. The highest BCUT2D eigenvalue weighted by Gasteiger charge is 2.75. The molecule has 0 aromatic heterocycles. The Morgan fingerprint density at radius 2 is 1.74 bits per heavy atom. The van der Waals surface area contributed by atoms with Crippen LogP contribution in [-0.4, -0.2) is 33.1 Å². The van der Waals surface area contributed by atoms with E-state index in [9.17, 15) is 9.90 Å². The summed E-state index contributed by atoms with van der Waals surface area (Å²) in [7, 11) is 0. The van der Waals surface area contributed by atoms with Crippen molar-refractivity contribution in [3.8, 4) is 0 Å². The van der Waals surface area contributed by atoms with Gasteiger partial charge in [-0.15, -0.1) is 0 Å². The van der Waals surface area contributed by atoms with E-state index >= 15 is 0 Å². The van der Waals surface area contributed by atoms with E-state index in [1.165, 1.54) is 5.57 Å². The minimum absolute atomic E-state index is 0.0807. The summed E-state index contributed by atoms with van der Waals surface area (Å²) in [5.74, 6) is 1.18. The molecule has 0 aliphatic heterocycles. The summed E-state index contributed by atoms with van der Waals surface area (Å²) in [5, 5.41) is 10.7. The van der Waals surface area contributed by atoms with Gasteiger partial charge in [0.2, 0.25) is 0 Å². The molecule has 4 aliphatic carbocycles. The minimum Gasteiger partial charge on any atom is -0.390 e. The van der Waals surface area contributed by atoms with Crippen molar-refractivity contribution in [1.29, 1.82) is 0 Å². The van der Waals surface area contributed by atoms with Gasteiger partial charge in [-0.05, 0) is 88.9 Å². The molecule has 4 rings (SSSR count). The van der Waals surface area contributed by atoms with Crippen molar-refractivity contribution < 1.29 is 9.90 Å². The van der Waals surface area contributed by atoms with E-state index in [0.29, 0.717) is 31.1 Å². The van der Waals surface area contributed by atoms with Gasteiger partial charge in [0.05, 0.1) is 11.1 Å². The molecule has 0 aromatic carbocycles. The molecule has 1 unspecified atom stereocenters. The molecule has 176 valence electrons. The molecule has 0 spiro atoms. The van der Waals surface area contributed by atoms with Crippen LogP contribution in [0.4, 0.5) is 0 Å². The molecule has 8 atom stereocenters. The van der Waals surface area contributed by atoms with Crippen molar-refractivity contribution in [2.45, 2.75) is 121 Å². The van der Waals surface area contributed by atoms with Crippen LogP contribution in [0, 0.1) is 22.7 Å². The molecule has 0 bridgehead atoms. The first-order chi connectivity index (χ1) is 14.2. The topological polar surface area (TPSA) is 115 Å². The third kappa shape index (κ3) is 2.85. The Morgan fingerprint density at radius 3 is 2.39 bits per heavy atom. The second-order valence-corrected chi connectivity index (χ2v) is 12.6. The van der Waals surface area contributed by atoms with Crippen LogP contribution >= 0.6 is 0 Å². The Bertz CT molecular complexity index is 808. The van der Waals surface area contributed by atoms with Crippen LogP contribution in [0.5, 0.6) is 0 Å². The van der Waals surface area contributed by atoms with Crippen LogP contribution in [0.3, 0.4) is 0 Å². The van der Waals surface area contributed by atoms with Crippen LogP contribution in [0.2, 0.25) is 0 Å². The second-order valence-electron chi connectivity index (χ2n) is 12.6. The standard InChI is InChI=1S/C26H45N3O2/c1-17(6-7-18(2)30)20-9-11-24(27)23(20,5)14-15-25(28)22(4)13-12-21(3,31)16-19(22)8-10-26(24,25)29/h8,17,20,31H,6-7,9-16,27-29H2,1-5H3/t17-,20-,21+,22+,23?,24+,25+,26-/m1/s1.